The second kappa shape index (κ2) is 12.4. The summed E-state index contributed by atoms with van der Waals surface area (Å²) >= 11 is 0. The molecule has 1 heterocycles. The van der Waals surface area contributed by atoms with Crippen LogP contribution in [0.5, 0.6) is 11.5 Å². The maximum atomic E-state index is 13.8. The van der Waals surface area contributed by atoms with E-state index >= 15 is 0 Å². The van der Waals surface area contributed by atoms with Crippen molar-refractivity contribution in [3.8, 4) is 11.5 Å². The molecule has 4 saturated carbocycles. The Morgan fingerprint density at radius 1 is 0.979 bits per heavy atom. The van der Waals surface area contributed by atoms with E-state index in [9.17, 15) is 24.5 Å². The summed E-state index contributed by atoms with van der Waals surface area (Å²) in [6, 6.07) is 16.4. The van der Waals surface area contributed by atoms with E-state index in [4.69, 9.17) is 9.47 Å². The van der Waals surface area contributed by atoms with Crippen LogP contribution in [0.1, 0.15) is 60.8 Å². The molecule has 246 valence electrons. The van der Waals surface area contributed by atoms with Crippen LogP contribution in [0.25, 0.3) is 6.08 Å². The average molecular weight is 648 g/mol. The predicted molar refractivity (Wildman–Crippen MR) is 180 cm³/mol. The van der Waals surface area contributed by atoms with Crippen molar-refractivity contribution >= 4 is 35.3 Å². The van der Waals surface area contributed by atoms with Gasteiger partial charge in [0.1, 0.15) is 12.2 Å². The number of rotatable bonds is 10. The van der Waals surface area contributed by atoms with E-state index in [2.05, 4.69) is 24.0 Å². The third kappa shape index (κ3) is 5.76. The Bertz CT molecular complexity index is 1810. The molecule has 10 nitrogen and oxygen atoms in total. The van der Waals surface area contributed by atoms with Crippen LogP contribution >= 0.6 is 0 Å². The number of anilines is 1. The van der Waals surface area contributed by atoms with Gasteiger partial charge in [0.15, 0.2) is 11.5 Å². The lowest BCUT2D eigenvalue weighted by Crippen LogP contribution is -2.54. The Hall–Kier alpha value is -5.25. The highest BCUT2D eigenvalue weighted by molar-refractivity contribution is 6.39. The van der Waals surface area contributed by atoms with Crippen LogP contribution in [0.3, 0.4) is 0 Å². The lowest BCUT2D eigenvalue weighted by molar-refractivity contribution is -0.384. The maximum Gasteiger partial charge on any atom is 0.335 e. The smallest absolute Gasteiger partial charge is 0.335 e. The van der Waals surface area contributed by atoms with Crippen molar-refractivity contribution in [3.63, 3.8) is 0 Å². The summed E-state index contributed by atoms with van der Waals surface area (Å²) in [5.41, 5.74) is 3.57. The molecule has 3 aromatic rings. The van der Waals surface area contributed by atoms with Crippen molar-refractivity contribution in [2.24, 2.45) is 17.8 Å². The maximum absolute atomic E-state index is 13.8. The highest BCUT2D eigenvalue weighted by Gasteiger charge is 2.51. The number of nitrogens with one attached hydrogen (secondary N) is 1. The molecular formula is C38H37N3O7. The number of allylic oxidation sites excluding steroid dienone is 1. The van der Waals surface area contributed by atoms with Gasteiger partial charge in [0, 0.05) is 17.7 Å². The fourth-order valence-corrected chi connectivity index (χ4v) is 8.75. The molecular weight excluding hydrogens is 610 g/mol. The van der Waals surface area contributed by atoms with Crippen LogP contribution in [0, 0.1) is 27.9 Å². The van der Waals surface area contributed by atoms with Gasteiger partial charge in [0.25, 0.3) is 17.5 Å². The van der Waals surface area contributed by atoms with E-state index in [0.29, 0.717) is 34.7 Å². The highest BCUT2D eigenvalue weighted by atomic mass is 16.6. The lowest BCUT2D eigenvalue weighted by Gasteiger charge is -2.57. The molecule has 10 heteroatoms. The molecule has 3 aromatic carbocycles. The van der Waals surface area contributed by atoms with Gasteiger partial charge in [-0.3, -0.25) is 25.0 Å². The number of amides is 4. The number of non-ortho nitro benzene ring substituents is 1. The number of nitrogens with zero attached hydrogens (tertiary/aromatic N) is 2. The number of urea groups is 1. The molecule has 4 aliphatic carbocycles. The molecule has 0 atom stereocenters. The van der Waals surface area contributed by atoms with E-state index in [1.165, 1.54) is 69.4 Å². The molecule has 0 spiro atoms. The summed E-state index contributed by atoms with van der Waals surface area (Å²) in [7, 11) is 1.48. The van der Waals surface area contributed by atoms with E-state index in [1.807, 2.05) is 12.1 Å². The fraction of sp³-hybridized carbons (Fsp3) is 0.342. The molecule has 0 unspecified atom stereocenters. The first-order valence-corrected chi connectivity index (χ1v) is 16.4. The summed E-state index contributed by atoms with van der Waals surface area (Å²) in [5, 5.41) is 13.3. The van der Waals surface area contributed by atoms with Crippen molar-refractivity contribution in [3.05, 3.63) is 111 Å². The first-order chi connectivity index (χ1) is 23.2. The number of barbiturate groups is 1. The minimum Gasteiger partial charge on any atom is -0.493 e. The molecule has 1 N–H and O–H groups in total. The van der Waals surface area contributed by atoms with Gasteiger partial charge in [0.2, 0.25) is 0 Å². The predicted octanol–water partition coefficient (Wildman–Crippen LogP) is 7.05. The van der Waals surface area contributed by atoms with Gasteiger partial charge in [-0.15, -0.1) is 6.58 Å². The zero-order valence-electron chi connectivity index (χ0n) is 26.8. The zero-order chi connectivity index (χ0) is 33.6. The van der Waals surface area contributed by atoms with Gasteiger partial charge in [-0.05, 0) is 127 Å². The molecule has 1 aliphatic heterocycles. The second-order valence-electron chi connectivity index (χ2n) is 13.6. The SMILES string of the molecule is C=CCc1cc(/C=C2\C(=O)NC(=O)N(c3ccc(C45CC6CC(CC(C6)C4)C5)cc3)C2=O)cc(OC)c1OCc1ccc([N+](=O)[O-])cc1. The van der Waals surface area contributed by atoms with Gasteiger partial charge in [-0.25, -0.2) is 9.69 Å². The van der Waals surface area contributed by atoms with Gasteiger partial charge < -0.3 is 9.47 Å². The summed E-state index contributed by atoms with van der Waals surface area (Å²) in [4.78, 5) is 51.3. The first kappa shape index (κ1) is 31.4. The van der Waals surface area contributed by atoms with Gasteiger partial charge in [0.05, 0.1) is 17.7 Å². The number of hydrogen-bond donors (Lipinski definition) is 1. The summed E-state index contributed by atoms with van der Waals surface area (Å²) < 4.78 is 11.7. The number of methoxy groups -OCH3 is 1. The van der Waals surface area contributed by atoms with Gasteiger partial charge in [-0.2, -0.15) is 0 Å². The minimum atomic E-state index is -0.787. The number of hydrogen-bond acceptors (Lipinski definition) is 7. The molecule has 4 bridgehead atoms. The molecule has 4 amide bonds. The average Bonchev–Trinajstić information content (AvgIpc) is 3.06. The Morgan fingerprint density at radius 2 is 1.62 bits per heavy atom. The van der Waals surface area contributed by atoms with Crippen molar-refractivity contribution < 1.29 is 28.8 Å². The van der Waals surface area contributed by atoms with E-state index in [1.54, 1.807) is 30.3 Å². The first-order valence-electron chi connectivity index (χ1n) is 16.4. The summed E-state index contributed by atoms with van der Waals surface area (Å²) in [5.74, 6) is 1.69. The Kier molecular flexibility index (Phi) is 8.10. The minimum absolute atomic E-state index is 0.0165. The van der Waals surface area contributed by atoms with Crippen LogP contribution in [0.4, 0.5) is 16.2 Å². The normalized spacial score (nSPS) is 25.3. The van der Waals surface area contributed by atoms with Crippen LogP contribution in [-0.2, 0) is 28.0 Å². The van der Waals surface area contributed by atoms with Crippen molar-refractivity contribution in [2.75, 3.05) is 12.0 Å². The molecule has 1 saturated heterocycles. The zero-order valence-corrected chi connectivity index (χ0v) is 26.8. The quantitative estimate of drug-likeness (QED) is 0.0822. The van der Waals surface area contributed by atoms with E-state index in [0.717, 1.165) is 28.2 Å². The lowest BCUT2D eigenvalue weighted by atomic mass is 9.48. The van der Waals surface area contributed by atoms with Crippen LogP contribution < -0.4 is 19.7 Å². The third-order valence-corrected chi connectivity index (χ3v) is 10.5. The number of nitro benzene ring substituents is 1. The number of ether oxygens (including phenoxy) is 2. The van der Waals surface area contributed by atoms with Crippen molar-refractivity contribution in [2.45, 2.75) is 57.0 Å². The van der Waals surface area contributed by atoms with Crippen molar-refractivity contribution in [1.82, 2.24) is 5.32 Å². The second-order valence-corrected chi connectivity index (χ2v) is 13.6. The van der Waals surface area contributed by atoms with Crippen LogP contribution in [0.15, 0.2) is 78.9 Å². The Labute approximate surface area is 278 Å². The molecule has 5 aliphatic rings. The van der Waals surface area contributed by atoms with Gasteiger partial charge in [-0.1, -0.05) is 18.2 Å². The van der Waals surface area contributed by atoms with Crippen LogP contribution in [-0.4, -0.2) is 29.9 Å². The largest absolute Gasteiger partial charge is 0.493 e. The van der Waals surface area contributed by atoms with Gasteiger partial charge >= 0.3 is 6.03 Å². The molecule has 5 fully saturated rings. The fourth-order valence-electron chi connectivity index (χ4n) is 8.75. The van der Waals surface area contributed by atoms with E-state index < -0.39 is 22.8 Å². The number of nitro groups is 1. The highest BCUT2D eigenvalue weighted by Crippen LogP contribution is 2.60. The van der Waals surface area contributed by atoms with Crippen LogP contribution in [0.2, 0.25) is 0 Å². The Balaban J connectivity index is 1.14. The van der Waals surface area contributed by atoms with E-state index in [-0.39, 0.29) is 23.3 Å². The Morgan fingerprint density at radius 3 is 2.21 bits per heavy atom. The molecule has 8 rings (SSSR count). The number of carbonyl (C=O) groups excluding carboxylic acids is 3. The summed E-state index contributed by atoms with van der Waals surface area (Å²) in [6.07, 6.45) is 11.2. The van der Waals surface area contributed by atoms with Crippen molar-refractivity contribution in [1.29, 1.82) is 0 Å². The molecule has 0 aromatic heterocycles. The standard InChI is InChI=1S/C38H37N3O7/c1-3-4-28-16-24(18-33(47-2)34(28)48-22-23-5-9-31(10-6-23)41(45)46)17-32-35(42)39-37(44)40(36(32)43)30-11-7-29(8-12-30)38-19-25-13-26(20-38)15-27(14-25)21-38/h3,5-12,16-18,25-27H,1,4,13-15,19-22H2,2H3,(H,39,42,44)/b32-17+. The monoisotopic (exact) mass is 647 g/mol. The third-order valence-electron chi connectivity index (χ3n) is 10.5. The number of benzene rings is 3. The molecule has 0 radical (unpaired) electrons. The number of carbonyl (C=O) groups is 3. The molecule has 48 heavy (non-hydrogen) atoms. The summed E-state index contributed by atoms with van der Waals surface area (Å²) in [6.45, 7) is 3.96. The number of imide groups is 2. The topological polar surface area (TPSA) is 128 Å².